The first kappa shape index (κ1) is 16.4. The van der Waals surface area contributed by atoms with Crippen LogP contribution in [0.1, 0.15) is 18.1 Å². The largest absolute Gasteiger partial charge is 0.477 e. The molecule has 0 saturated heterocycles. The number of rotatable bonds is 4. The molecule has 3 aromatic rings. The van der Waals surface area contributed by atoms with Gasteiger partial charge in [0, 0.05) is 30.4 Å². The van der Waals surface area contributed by atoms with Gasteiger partial charge in [0.15, 0.2) is 0 Å². The number of carboxylic acid groups (broad SMARTS) is 1. The van der Waals surface area contributed by atoms with Gasteiger partial charge in [-0.2, -0.15) is 0 Å². The van der Waals surface area contributed by atoms with E-state index in [0.717, 1.165) is 22.3 Å². The Labute approximate surface area is 144 Å². The second-order valence-corrected chi connectivity index (χ2v) is 5.69. The van der Waals surface area contributed by atoms with E-state index >= 15 is 0 Å². The number of hydrogen-bond donors (Lipinski definition) is 2. The number of nitrogens with one attached hydrogen (secondary N) is 1. The summed E-state index contributed by atoms with van der Waals surface area (Å²) in [6.07, 6.45) is 5.19. The van der Waals surface area contributed by atoms with Crippen molar-refractivity contribution in [3.05, 3.63) is 65.6 Å². The number of carbonyl (C=O) groups excluding carboxylic acids is 1. The van der Waals surface area contributed by atoms with Crippen molar-refractivity contribution in [2.24, 2.45) is 0 Å². The van der Waals surface area contributed by atoms with E-state index in [4.69, 9.17) is 5.11 Å². The molecular weight excluding hydrogens is 318 g/mol. The van der Waals surface area contributed by atoms with Gasteiger partial charge >= 0.3 is 5.97 Å². The molecule has 2 N–H and O–H groups in total. The molecule has 2 aromatic heterocycles. The molecule has 0 aliphatic heterocycles. The summed E-state index contributed by atoms with van der Waals surface area (Å²) in [6.45, 7) is 3.30. The fraction of sp³-hybridized carbons (Fsp3) is 0.105. The highest BCUT2D eigenvalue weighted by Gasteiger charge is 2.10. The maximum atomic E-state index is 11.2. The monoisotopic (exact) mass is 335 g/mol. The Morgan fingerprint density at radius 1 is 1.20 bits per heavy atom. The highest BCUT2D eigenvalue weighted by atomic mass is 16.4. The summed E-state index contributed by atoms with van der Waals surface area (Å²) in [5.41, 5.74) is 3.43. The van der Waals surface area contributed by atoms with E-state index in [1.165, 1.54) is 13.0 Å². The third-order valence-electron chi connectivity index (χ3n) is 3.79. The summed E-state index contributed by atoms with van der Waals surface area (Å²) in [4.78, 5) is 26.7. The number of aromatic nitrogens is 2. The summed E-state index contributed by atoms with van der Waals surface area (Å²) < 4.78 is 1.99. The normalized spacial score (nSPS) is 11.5. The molecule has 0 aliphatic carbocycles. The molecule has 0 saturated carbocycles. The number of nitrogens with zero attached hydrogens (tertiary/aromatic N) is 2. The van der Waals surface area contributed by atoms with E-state index in [2.05, 4.69) is 10.3 Å². The third-order valence-corrected chi connectivity index (χ3v) is 3.79. The number of carboxylic acids is 1. The Morgan fingerprint density at radius 3 is 2.56 bits per heavy atom. The number of amides is 1. The number of hydrogen-bond acceptors (Lipinski definition) is 3. The number of carbonyl (C=O) groups is 2. The molecule has 25 heavy (non-hydrogen) atoms. The van der Waals surface area contributed by atoms with Crippen LogP contribution in [0.3, 0.4) is 0 Å². The molecule has 1 aromatic carbocycles. The molecule has 1 amide bonds. The Morgan fingerprint density at radius 2 is 1.92 bits per heavy atom. The lowest BCUT2D eigenvalue weighted by atomic mass is 10.1. The van der Waals surface area contributed by atoms with E-state index in [0.29, 0.717) is 5.56 Å². The summed E-state index contributed by atoms with van der Waals surface area (Å²) in [5, 5.41) is 12.5. The standard InChI is InChI=1S/C19H17N3O3/c1-12-11-22(18-16(12)4-3-9-20-18)15-7-5-14(6-8-15)10-17(19(24)25)21-13(2)23/h3-11H,1-2H3,(H,21,23)(H,24,25)/b17-10+. The van der Waals surface area contributed by atoms with Crippen LogP contribution in [0, 0.1) is 6.92 Å². The zero-order valence-electron chi connectivity index (χ0n) is 13.9. The number of aryl methyl sites for hydroxylation is 1. The molecule has 0 spiro atoms. The van der Waals surface area contributed by atoms with Crippen LogP contribution in [-0.4, -0.2) is 26.5 Å². The van der Waals surface area contributed by atoms with Crippen molar-refractivity contribution in [1.29, 1.82) is 0 Å². The predicted octanol–water partition coefficient (Wildman–Crippen LogP) is 2.90. The lowest BCUT2D eigenvalue weighted by molar-refractivity contribution is -0.134. The lowest BCUT2D eigenvalue weighted by Gasteiger charge is -2.06. The summed E-state index contributed by atoms with van der Waals surface area (Å²) in [6, 6.07) is 11.3. The van der Waals surface area contributed by atoms with Crippen LogP contribution in [0.5, 0.6) is 0 Å². The average Bonchev–Trinajstić information content (AvgIpc) is 2.92. The molecule has 0 radical (unpaired) electrons. The van der Waals surface area contributed by atoms with Gasteiger partial charge < -0.3 is 15.0 Å². The van der Waals surface area contributed by atoms with Crippen LogP contribution in [0.4, 0.5) is 0 Å². The molecule has 6 nitrogen and oxygen atoms in total. The maximum absolute atomic E-state index is 11.2. The minimum Gasteiger partial charge on any atom is -0.477 e. The van der Waals surface area contributed by atoms with Crippen LogP contribution in [0.2, 0.25) is 0 Å². The van der Waals surface area contributed by atoms with Crippen molar-refractivity contribution in [3.8, 4) is 5.69 Å². The van der Waals surface area contributed by atoms with E-state index in [1.54, 1.807) is 18.3 Å². The quantitative estimate of drug-likeness (QED) is 0.718. The summed E-state index contributed by atoms with van der Waals surface area (Å²) in [7, 11) is 0. The molecule has 3 rings (SSSR count). The van der Waals surface area contributed by atoms with E-state index in [-0.39, 0.29) is 5.70 Å². The molecule has 0 aliphatic rings. The van der Waals surface area contributed by atoms with Gasteiger partial charge in [-0.1, -0.05) is 12.1 Å². The van der Waals surface area contributed by atoms with Crippen LogP contribution >= 0.6 is 0 Å². The van der Waals surface area contributed by atoms with Crippen LogP contribution in [0.25, 0.3) is 22.8 Å². The van der Waals surface area contributed by atoms with Gasteiger partial charge in [-0.15, -0.1) is 0 Å². The van der Waals surface area contributed by atoms with Gasteiger partial charge in [0.05, 0.1) is 0 Å². The van der Waals surface area contributed by atoms with Gasteiger partial charge in [-0.3, -0.25) is 4.79 Å². The second kappa shape index (κ2) is 6.60. The molecule has 0 fully saturated rings. The van der Waals surface area contributed by atoms with Crippen molar-refractivity contribution in [2.45, 2.75) is 13.8 Å². The zero-order chi connectivity index (χ0) is 18.0. The Hall–Kier alpha value is -3.41. The fourth-order valence-electron chi connectivity index (χ4n) is 2.66. The number of aliphatic carboxylic acids is 1. The number of pyridine rings is 1. The summed E-state index contributed by atoms with van der Waals surface area (Å²) in [5.74, 6) is -1.61. The van der Waals surface area contributed by atoms with Gasteiger partial charge in [-0.05, 0) is 48.4 Å². The van der Waals surface area contributed by atoms with Crippen molar-refractivity contribution >= 4 is 29.0 Å². The Kier molecular flexibility index (Phi) is 4.35. The topological polar surface area (TPSA) is 84.2 Å². The van der Waals surface area contributed by atoms with Crippen LogP contribution in [-0.2, 0) is 9.59 Å². The molecule has 126 valence electrons. The first-order chi connectivity index (χ1) is 12.0. The second-order valence-electron chi connectivity index (χ2n) is 5.69. The first-order valence-corrected chi connectivity index (χ1v) is 7.71. The molecule has 2 heterocycles. The van der Waals surface area contributed by atoms with Crippen molar-refractivity contribution in [1.82, 2.24) is 14.9 Å². The summed E-state index contributed by atoms with van der Waals surface area (Å²) >= 11 is 0. The van der Waals surface area contributed by atoms with Gasteiger partial charge in [0.25, 0.3) is 0 Å². The smallest absolute Gasteiger partial charge is 0.352 e. The average molecular weight is 335 g/mol. The van der Waals surface area contributed by atoms with Crippen molar-refractivity contribution < 1.29 is 14.7 Å². The van der Waals surface area contributed by atoms with Gasteiger partial charge in [0.1, 0.15) is 11.3 Å². The molecular formula is C19H17N3O3. The van der Waals surface area contributed by atoms with Crippen molar-refractivity contribution in [3.63, 3.8) is 0 Å². The molecule has 0 atom stereocenters. The third kappa shape index (κ3) is 3.42. The molecule has 0 bridgehead atoms. The van der Waals surface area contributed by atoms with Crippen molar-refractivity contribution in [2.75, 3.05) is 0 Å². The fourth-order valence-corrected chi connectivity index (χ4v) is 2.66. The SMILES string of the molecule is CC(=O)N/C(=C/c1ccc(-n2cc(C)c3cccnc32)cc1)C(=O)O. The van der Waals surface area contributed by atoms with Crippen LogP contribution in [0.15, 0.2) is 54.5 Å². The number of benzene rings is 1. The highest BCUT2D eigenvalue weighted by molar-refractivity contribution is 5.96. The van der Waals surface area contributed by atoms with E-state index in [9.17, 15) is 9.59 Å². The van der Waals surface area contributed by atoms with Gasteiger partial charge in [0.2, 0.25) is 5.91 Å². The van der Waals surface area contributed by atoms with E-state index < -0.39 is 11.9 Å². The predicted molar refractivity (Wildman–Crippen MR) is 95.2 cm³/mol. The Bertz CT molecular complexity index is 985. The first-order valence-electron chi connectivity index (χ1n) is 7.71. The highest BCUT2D eigenvalue weighted by Crippen LogP contribution is 2.23. The zero-order valence-corrected chi connectivity index (χ0v) is 13.9. The van der Waals surface area contributed by atoms with Crippen LogP contribution < -0.4 is 5.32 Å². The minimum absolute atomic E-state index is 0.163. The molecule has 0 unspecified atom stereocenters. The maximum Gasteiger partial charge on any atom is 0.352 e. The minimum atomic E-state index is -1.18. The number of fused-ring (bicyclic) bond motifs is 1. The Balaban J connectivity index is 1.97. The van der Waals surface area contributed by atoms with Gasteiger partial charge in [-0.25, -0.2) is 9.78 Å². The molecule has 6 heteroatoms. The lowest BCUT2D eigenvalue weighted by Crippen LogP contribution is -2.24. The van der Waals surface area contributed by atoms with E-state index in [1.807, 2.05) is 42.0 Å².